The van der Waals surface area contributed by atoms with Crippen LogP contribution in [0.5, 0.6) is 6.01 Å². The predicted molar refractivity (Wildman–Crippen MR) is 102 cm³/mol. The van der Waals surface area contributed by atoms with Crippen molar-refractivity contribution in [2.24, 2.45) is 0 Å². The van der Waals surface area contributed by atoms with E-state index in [1.54, 1.807) is 0 Å². The van der Waals surface area contributed by atoms with Gasteiger partial charge in [0.1, 0.15) is 5.82 Å². The summed E-state index contributed by atoms with van der Waals surface area (Å²) in [6, 6.07) is 16.7. The number of nitrogens with zero attached hydrogens (tertiary/aromatic N) is 2. The van der Waals surface area contributed by atoms with Crippen molar-refractivity contribution in [1.29, 1.82) is 0 Å². The molecule has 0 fully saturated rings. The Morgan fingerprint density at radius 1 is 1.08 bits per heavy atom. The van der Waals surface area contributed by atoms with Crippen LogP contribution in [0.2, 0.25) is 0 Å². The van der Waals surface area contributed by atoms with Crippen molar-refractivity contribution in [3.8, 4) is 6.01 Å². The maximum Gasteiger partial charge on any atom is 0.318 e. The molecule has 5 heteroatoms. The zero-order valence-corrected chi connectivity index (χ0v) is 14.3. The first-order valence-electron chi connectivity index (χ1n) is 8.49. The number of aromatic amines is 1. The molecule has 0 aliphatic carbocycles. The molecule has 0 unspecified atom stereocenters. The van der Waals surface area contributed by atoms with E-state index in [-0.39, 0.29) is 0 Å². The molecule has 0 amide bonds. The highest BCUT2D eigenvalue weighted by atomic mass is 16.5. The van der Waals surface area contributed by atoms with Gasteiger partial charge in [-0.05, 0) is 49.7 Å². The van der Waals surface area contributed by atoms with Gasteiger partial charge in [0.15, 0.2) is 0 Å². The molecule has 25 heavy (non-hydrogen) atoms. The second kappa shape index (κ2) is 6.43. The van der Waals surface area contributed by atoms with E-state index >= 15 is 0 Å². The van der Waals surface area contributed by atoms with Gasteiger partial charge in [0.2, 0.25) is 0 Å². The van der Waals surface area contributed by atoms with Gasteiger partial charge in [-0.3, -0.25) is 0 Å². The minimum absolute atomic E-state index is 0.404. The van der Waals surface area contributed by atoms with Gasteiger partial charge >= 0.3 is 6.01 Å². The molecule has 2 N–H and O–H groups in total. The SMILES string of the molecule is CCCOc1nc(Nc2ccc3[nH]c(C)cc3c2)c2ccccc2n1. The second-order valence-electron chi connectivity index (χ2n) is 6.10. The Kier molecular flexibility index (Phi) is 3.98. The number of para-hydroxylation sites is 1. The molecule has 2 aromatic carbocycles. The topological polar surface area (TPSA) is 62.8 Å². The molecule has 4 aromatic rings. The molecule has 4 rings (SSSR count). The van der Waals surface area contributed by atoms with Crippen molar-refractivity contribution in [3.05, 3.63) is 54.2 Å². The van der Waals surface area contributed by atoms with Gasteiger partial charge in [0.25, 0.3) is 0 Å². The van der Waals surface area contributed by atoms with Crippen LogP contribution in [0.25, 0.3) is 21.8 Å². The van der Waals surface area contributed by atoms with Gasteiger partial charge in [-0.15, -0.1) is 0 Å². The number of nitrogens with one attached hydrogen (secondary N) is 2. The van der Waals surface area contributed by atoms with Crippen LogP contribution in [-0.4, -0.2) is 21.6 Å². The highest BCUT2D eigenvalue weighted by Crippen LogP contribution is 2.27. The molecule has 0 aliphatic heterocycles. The number of hydrogen-bond donors (Lipinski definition) is 2. The Labute approximate surface area is 146 Å². The standard InChI is InChI=1S/C20H20N4O/c1-3-10-25-20-23-18-7-5-4-6-16(18)19(24-20)22-15-8-9-17-14(12-15)11-13(2)21-17/h4-9,11-12,21H,3,10H2,1-2H3,(H,22,23,24). The zero-order chi connectivity index (χ0) is 17.2. The smallest absolute Gasteiger partial charge is 0.318 e. The molecule has 2 heterocycles. The van der Waals surface area contributed by atoms with Crippen LogP contribution in [0.15, 0.2) is 48.5 Å². The van der Waals surface area contributed by atoms with Crippen molar-refractivity contribution in [2.75, 3.05) is 11.9 Å². The van der Waals surface area contributed by atoms with Gasteiger partial charge in [-0.1, -0.05) is 19.1 Å². The van der Waals surface area contributed by atoms with Crippen molar-refractivity contribution in [2.45, 2.75) is 20.3 Å². The summed E-state index contributed by atoms with van der Waals surface area (Å²) < 4.78 is 5.65. The normalized spacial score (nSPS) is 11.1. The van der Waals surface area contributed by atoms with Crippen LogP contribution in [0.4, 0.5) is 11.5 Å². The van der Waals surface area contributed by atoms with E-state index < -0.39 is 0 Å². The van der Waals surface area contributed by atoms with Crippen molar-refractivity contribution in [1.82, 2.24) is 15.0 Å². The lowest BCUT2D eigenvalue weighted by molar-refractivity contribution is 0.294. The lowest BCUT2D eigenvalue weighted by Crippen LogP contribution is -2.03. The van der Waals surface area contributed by atoms with Gasteiger partial charge < -0.3 is 15.0 Å². The number of anilines is 2. The fraction of sp³-hybridized carbons (Fsp3) is 0.200. The highest BCUT2D eigenvalue weighted by molar-refractivity contribution is 5.92. The molecule has 0 saturated carbocycles. The van der Waals surface area contributed by atoms with E-state index in [9.17, 15) is 0 Å². The molecule has 0 saturated heterocycles. The lowest BCUT2D eigenvalue weighted by atomic mass is 10.2. The first-order valence-corrected chi connectivity index (χ1v) is 8.49. The fourth-order valence-electron chi connectivity index (χ4n) is 2.90. The van der Waals surface area contributed by atoms with Crippen molar-refractivity contribution < 1.29 is 4.74 Å². The maximum atomic E-state index is 5.65. The van der Waals surface area contributed by atoms with Crippen LogP contribution in [-0.2, 0) is 0 Å². The van der Waals surface area contributed by atoms with E-state index in [0.717, 1.165) is 40.0 Å². The fourth-order valence-corrected chi connectivity index (χ4v) is 2.90. The van der Waals surface area contributed by atoms with E-state index in [1.165, 1.54) is 5.39 Å². The third kappa shape index (κ3) is 3.13. The molecule has 126 valence electrons. The Balaban J connectivity index is 1.75. The number of aryl methyl sites for hydroxylation is 1. The summed E-state index contributed by atoms with van der Waals surface area (Å²) in [7, 11) is 0. The monoisotopic (exact) mass is 332 g/mol. The van der Waals surface area contributed by atoms with Crippen LogP contribution >= 0.6 is 0 Å². The van der Waals surface area contributed by atoms with E-state index in [4.69, 9.17) is 4.74 Å². The van der Waals surface area contributed by atoms with Crippen LogP contribution in [0.3, 0.4) is 0 Å². The molecular weight excluding hydrogens is 312 g/mol. The number of rotatable bonds is 5. The van der Waals surface area contributed by atoms with Crippen molar-refractivity contribution >= 4 is 33.3 Å². The maximum absolute atomic E-state index is 5.65. The van der Waals surface area contributed by atoms with Crippen molar-refractivity contribution in [3.63, 3.8) is 0 Å². The summed E-state index contributed by atoms with van der Waals surface area (Å²) in [4.78, 5) is 12.4. The molecule has 0 spiro atoms. The molecule has 0 aliphatic rings. The molecule has 0 bridgehead atoms. The zero-order valence-electron chi connectivity index (χ0n) is 14.3. The van der Waals surface area contributed by atoms with Gasteiger partial charge in [0.05, 0.1) is 12.1 Å². The number of fused-ring (bicyclic) bond motifs is 2. The summed E-state index contributed by atoms with van der Waals surface area (Å²) in [5.41, 5.74) is 4.12. The third-order valence-corrected chi connectivity index (χ3v) is 4.04. The molecular formula is C20H20N4O. The van der Waals surface area contributed by atoms with Gasteiger partial charge in [0, 0.05) is 27.7 Å². The Bertz CT molecular complexity index is 1040. The number of H-pyrrole nitrogens is 1. The lowest BCUT2D eigenvalue weighted by Gasteiger charge is -2.11. The minimum Gasteiger partial charge on any atom is -0.463 e. The second-order valence-corrected chi connectivity index (χ2v) is 6.10. The Morgan fingerprint density at radius 3 is 2.84 bits per heavy atom. The quantitative estimate of drug-likeness (QED) is 0.543. The summed E-state index contributed by atoms with van der Waals surface area (Å²) in [5.74, 6) is 0.753. The number of aromatic nitrogens is 3. The number of hydrogen-bond acceptors (Lipinski definition) is 4. The predicted octanol–water partition coefficient (Wildman–Crippen LogP) is 4.95. The van der Waals surface area contributed by atoms with Gasteiger partial charge in [-0.25, -0.2) is 0 Å². The Hall–Kier alpha value is -3.08. The van der Waals surface area contributed by atoms with Crippen LogP contribution in [0, 0.1) is 6.92 Å². The number of ether oxygens (including phenoxy) is 1. The van der Waals surface area contributed by atoms with Crippen LogP contribution in [0.1, 0.15) is 19.0 Å². The van der Waals surface area contributed by atoms with E-state index in [0.29, 0.717) is 12.6 Å². The summed E-state index contributed by atoms with van der Waals surface area (Å²) in [6.45, 7) is 4.73. The average molecular weight is 332 g/mol. The van der Waals surface area contributed by atoms with Gasteiger partial charge in [-0.2, -0.15) is 9.97 Å². The molecule has 5 nitrogen and oxygen atoms in total. The van der Waals surface area contributed by atoms with E-state index in [2.05, 4.69) is 52.3 Å². The first kappa shape index (κ1) is 15.4. The summed E-state index contributed by atoms with van der Waals surface area (Å²) >= 11 is 0. The van der Waals surface area contributed by atoms with Crippen LogP contribution < -0.4 is 10.1 Å². The highest BCUT2D eigenvalue weighted by Gasteiger charge is 2.09. The van der Waals surface area contributed by atoms with E-state index in [1.807, 2.05) is 30.3 Å². The summed E-state index contributed by atoms with van der Waals surface area (Å²) in [6.07, 6.45) is 0.919. The molecule has 0 radical (unpaired) electrons. The first-order chi connectivity index (χ1) is 12.2. The molecule has 0 atom stereocenters. The average Bonchev–Trinajstić information content (AvgIpc) is 2.99. The number of benzene rings is 2. The molecule has 2 aromatic heterocycles. The Morgan fingerprint density at radius 2 is 1.96 bits per heavy atom. The third-order valence-electron chi connectivity index (χ3n) is 4.04. The minimum atomic E-state index is 0.404. The largest absolute Gasteiger partial charge is 0.463 e. The summed E-state index contributed by atoms with van der Waals surface area (Å²) in [5, 5.41) is 5.56.